The Kier molecular flexibility index (Phi) is 4.75. The maximum atomic E-state index is 12.9. The maximum Gasteiger partial charge on any atom is 0.262 e. The zero-order valence-corrected chi connectivity index (χ0v) is 13.9. The number of rotatable bonds is 4. The van der Waals surface area contributed by atoms with Crippen molar-refractivity contribution in [3.05, 3.63) is 51.7 Å². The highest BCUT2D eigenvalue weighted by molar-refractivity contribution is 9.10. The van der Waals surface area contributed by atoms with Crippen LogP contribution in [0.25, 0.3) is 0 Å². The van der Waals surface area contributed by atoms with Gasteiger partial charge in [-0.25, -0.2) is 12.8 Å². The smallest absolute Gasteiger partial charge is 0.262 e. The number of benzene rings is 2. The van der Waals surface area contributed by atoms with Crippen LogP contribution < -0.4 is 9.46 Å². The van der Waals surface area contributed by atoms with Gasteiger partial charge in [0, 0.05) is 5.02 Å². The van der Waals surface area contributed by atoms with Crippen molar-refractivity contribution in [1.29, 1.82) is 0 Å². The average Bonchev–Trinajstić information content (AvgIpc) is 2.38. The summed E-state index contributed by atoms with van der Waals surface area (Å²) >= 11 is 9.14. The molecular formula is C13H10BrClFNO3S. The van der Waals surface area contributed by atoms with Crippen LogP contribution in [-0.2, 0) is 10.0 Å². The molecule has 0 amide bonds. The van der Waals surface area contributed by atoms with Crippen LogP contribution in [0.15, 0.2) is 45.8 Å². The highest BCUT2D eigenvalue weighted by Gasteiger charge is 2.18. The van der Waals surface area contributed by atoms with Crippen LogP contribution in [0.1, 0.15) is 0 Å². The van der Waals surface area contributed by atoms with Crippen molar-refractivity contribution in [2.45, 2.75) is 4.90 Å². The average molecular weight is 395 g/mol. The van der Waals surface area contributed by atoms with E-state index in [9.17, 15) is 12.8 Å². The van der Waals surface area contributed by atoms with Crippen LogP contribution in [0.3, 0.4) is 0 Å². The zero-order chi connectivity index (χ0) is 15.6. The Balaban J connectivity index is 2.43. The van der Waals surface area contributed by atoms with E-state index in [4.69, 9.17) is 16.3 Å². The van der Waals surface area contributed by atoms with Gasteiger partial charge in [-0.2, -0.15) is 0 Å². The van der Waals surface area contributed by atoms with E-state index in [0.29, 0.717) is 15.2 Å². The molecule has 4 nitrogen and oxygen atoms in total. The van der Waals surface area contributed by atoms with Crippen LogP contribution in [0.5, 0.6) is 5.75 Å². The minimum Gasteiger partial charge on any atom is -0.493 e. The fourth-order valence-electron chi connectivity index (χ4n) is 1.66. The molecule has 0 unspecified atom stereocenters. The van der Waals surface area contributed by atoms with Gasteiger partial charge in [0.2, 0.25) is 0 Å². The van der Waals surface area contributed by atoms with Gasteiger partial charge >= 0.3 is 0 Å². The van der Waals surface area contributed by atoms with Crippen molar-refractivity contribution in [3.63, 3.8) is 0 Å². The molecular weight excluding hydrogens is 385 g/mol. The molecule has 0 spiro atoms. The fourth-order valence-corrected chi connectivity index (χ4v) is 3.69. The van der Waals surface area contributed by atoms with Gasteiger partial charge in [-0.05, 0) is 52.3 Å². The number of halogens is 3. The standard InChI is InChI=1S/C13H10BrClFNO3S/c1-20-13-11(14)6-8(15)7-12(13)17-21(18,19)10-4-2-9(16)3-5-10/h2-7,17H,1H3. The summed E-state index contributed by atoms with van der Waals surface area (Å²) in [5, 5.41) is 0.333. The quantitative estimate of drug-likeness (QED) is 0.851. The number of hydrogen-bond donors (Lipinski definition) is 1. The first kappa shape index (κ1) is 16.1. The molecule has 2 rings (SSSR count). The van der Waals surface area contributed by atoms with E-state index in [1.54, 1.807) is 6.07 Å². The van der Waals surface area contributed by atoms with Crippen LogP contribution in [-0.4, -0.2) is 15.5 Å². The zero-order valence-electron chi connectivity index (χ0n) is 10.7. The summed E-state index contributed by atoms with van der Waals surface area (Å²) in [5.41, 5.74) is 0.182. The van der Waals surface area contributed by atoms with Crippen molar-refractivity contribution < 1.29 is 17.5 Å². The number of nitrogens with one attached hydrogen (secondary N) is 1. The molecule has 0 saturated carbocycles. The summed E-state index contributed by atoms with van der Waals surface area (Å²) in [6.07, 6.45) is 0. The summed E-state index contributed by atoms with van der Waals surface area (Å²) in [5.74, 6) is -0.220. The first-order valence-electron chi connectivity index (χ1n) is 5.65. The lowest BCUT2D eigenvalue weighted by molar-refractivity contribution is 0.414. The Labute approximate surface area is 135 Å². The highest BCUT2D eigenvalue weighted by atomic mass is 79.9. The maximum absolute atomic E-state index is 12.9. The van der Waals surface area contributed by atoms with E-state index in [1.165, 1.54) is 25.3 Å². The van der Waals surface area contributed by atoms with E-state index in [1.807, 2.05) is 0 Å². The van der Waals surface area contributed by atoms with Crippen LogP contribution in [0, 0.1) is 5.82 Å². The monoisotopic (exact) mass is 393 g/mol. The molecule has 8 heteroatoms. The molecule has 0 radical (unpaired) electrons. The summed E-state index contributed by atoms with van der Waals surface area (Å²) in [6, 6.07) is 7.48. The predicted octanol–water partition coefficient (Wildman–Crippen LogP) is 4.05. The lowest BCUT2D eigenvalue weighted by Gasteiger charge is -2.13. The second-order valence-corrected chi connectivity index (χ2v) is 7.00. The topological polar surface area (TPSA) is 55.4 Å². The summed E-state index contributed by atoms with van der Waals surface area (Å²) in [4.78, 5) is -0.0675. The molecule has 0 aliphatic heterocycles. The summed E-state index contributed by atoms with van der Waals surface area (Å²) < 4.78 is 45.4. The second kappa shape index (κ2) is 6.21. The predicted molar refractivity (Wildman–Crippen MR) is 82.9 cm³/mol. The van der Waals surface area contributed by atoms with Crippen LogP contribution >= 0.6 is 27.5 Å². The van der Waals surface area contributed by atoms with Gasteiger partial charge in [0.25, 0.3) is 10.0 Å². The molecule has 0 atom stereocenters. The lowest BCUT2D eigenvalue weighted by atomic mass is 10.3. The molecule has 2 aromatic carbocycles. The fraction of sp³-hybridized carbons (Fsp3) is 0.0769. The third kappa shape index (κ3) is 3.66. The molecule has 0 aliphatic rings. The van der Waals surface area contributed by atoms with Crippen molar-refractivity contribution in [2.75, 3.05) is 11.8 Å². The normalized spacial score (nSPS) is 11.2. The van der Waals surface area contributed by atoms with Crippen molar-refractivity contribution in [1.82, 2.24) is 0 Å². The number of sulfonamides is 1. The summed E-state index contributed by atoms with van der Waals surface area (Å²) in [6.45, 7) is 0. The molecule has 0 saturated heterocycles. The number of anilines is 1. The Morgan fingerprint density at radius 2 is 1.86 bits per heavy atom. The number of methoxy groups -OCH3 is 1. The van der Waals surface area contributed by atoms with Gasteiger partial charge in [-0.15, -0.1) is 0 Å². The van der Waals surface area contributed by atoms with E-state index in [-0.39, 0.29) is 10.6 Å². The molecule has 21 heavy (non-hydrogen) atoms. The Morgan fingerprint density at radius 3 is 2.43 bits per heavy atom. The minimum absolute atomic E-state index is 0.0675. The van der Waals surface area contributed by atoms with Gasteiger partial charge in [0.1, 0.15) is 5.82 Å². The molecule has 2 aromatic rings. The van der Waals surface area contributed by atoms with Crippen molar-refractivity contribution >= 4 is 43.2 Å². The molecule has 0 bridgehead atoms. The van der Waals surface area contributed by atoms with Crippen LogP contribution in [0.4, 0.5) is 10.1 Å². The third-order valence-corrected chi connectivity index (χ3v) is 4.77. The summed E-state index contributed by atoms with van der Waals surface area (Å²) in [7, 11) is -2.47. The van der Waals surface area contributed by atoms with Gasteiger partial charge in [0.05, 0.1) is 22.2 Å². The van der Waals surface area contributed by atoms with Crippen molar-refractivity contribution in [2.24, 2.45) is 0 Å². The Hall–Kier alpha value is -1.31. The van der Waals surface area contributed by atoms with E-state index in [0.717, 1.165) is 12.1 Å². The Morgan fingerprint density at radius 1 is 1.24 bits per heavy atom. The molecule has 0 heterocycles. The number of hydrogen-bond acceptors (Lipinski definition) is 3. The minimum atomic E-state index is -3.87. The Bertz CT molecular complexity index is 766. The third-order valence-electron chi connectivity index (χ3n) is 2.58. The van der Waals surface area contributed by atoms with Crippen molar-refractivity contribution in [3.8, 4) is 5.75 Å². The first-order chi connectivity index (χ1) is 9.83. The largest absolute Gasteiger partial charge is 0.493 e. The van der Waals surface area contributed by atoms with Gasteiger partial charge in [-0.3, -0.25) is 4.72 Å². The van der Waals surface area contributed by atoms with Crippen LogP contribution in [0.2, 0.25) is 5.02 Å². The molecule has 0 fully saturated rings. The van der Waals surface area contributed by atoms with E-state index >= 15 is 0 Å². The number of ether oxygens (including phenoxy) is 1. The molecule has 0 aromatic heterocycles. The highest BCUT2D eigenvalue weighted by Crippen LogP contribution is 2.37. The lowest BCUT2D eigenvalue weighted by Crippen LogP contribution is -2.13. The van der Waals surface area contributed by atoms with Gasteiger partial charge in [-0.1, -0.05) is 11.6 Å². The van der Waals surface area contributed by atoms with E-state index in [2.05, 4.69) is 20.7 Å². The SMILES string of the molecule is COc1c(Br)cc(Cl)cc1NS(=O)(=O)c1ccc(F)cc1. The molecule has 1 N–H and O–H groups in total. The van der Waals surface area contributed by atoms with Gasteiger partial charge in [0.15, 0.2) is 5.75 Å². The molecule has 112 valence electrons. The second-order valence-electron chi connectivity index (χ2n) is 4.03. The first-order valence-corrected chi connectivity index (χ1v) is 8.30. The van der Waals surface area contributed by atoms with E-state index < -0.39 is 15.8 Å². The molecule has 0 aliphatic carbocycles. The van der Waals surface area contributed by atoms with Gasteiger partial charge < -0.3 is 4.74 Å².